The molecule has 0 aromatic carbocycles. The summed E-state index contributed by atoms with van der Waals surface area (Å²) in [5.74, 6) is -2.74. The molecule has 0 saturated carbocycles. The minimum Gasteiger partial charge on any atom is -0.402 e. The van der Waals surface area contributed by atoms with Crippen LogP contribution in [0.5, 0.6) is 0 Å². The molecule has 1 unspecified atom stereocenters. The maximum Gasteiger partial charge on any atom is 0.351 e. The van der Waals surface area contributed by atoms with Crippen LogP contribution < -0.4 is 0 Å². The Morgan fingerprint density at radius 1 is 1.40 bits per heavy atom. The summed E-state index contributed by atoms with van der Waals surface area (Å²) < 4.78 is 14.6. The van der Waals surface area contributed by atoms with Gasteiger partial charge in [0, 0.05) is 12.2 Å². The quantitative estimate of drug-likeness (QED) is 0.389. The van der Waals surface area contributed by atoms with Crippen LogP contribution in [-0.2, 0) is 19.0 Å². The zero-order valence-corrected chi connectivity index (χ0v) is 9.41. The summed E-state index contributed by atoms with van der Waals surface area (Å²) in [5.41, 5.74) is 0.185. The SMILES string of the molecule is C=C(C)C(=O)OC(O)(COCC)OCC. The summed E-state index contributed by atoms with van der Waals surface area (Å²) in [5, 5.41) is 9.73. The second-order valence-corrected chi connectivity index (χ2v) is 2.95. The van der Waals surface area contributed by atoms with Gasteiger partial charge in [-0.05, 0) is 20.8 Å². The third-order valence-corrected chi connectivity index (χ3v) is 1.46. The van der Waals surface area contributed by atoms with Crippen molar-refractivity contribution >= 4 is 5.97 Å². The zero-order chi connectivity index (χ0) is 11.9. The van der Waals surface area contributed by atoms with E-state index >= 15 is 0 Å². The van der Waals surface area contributed by atoms with Crippen molar-refractivity contribution in [2.45, 2.75) is 26.7 Å². The molecule has 15 heavy (non-hydrogen) atoms. The Balaban J connectivity index is 4.35. The second kappa shape index (κ2) is 6.55. The number of hydrogen-bond donors (Lipinski definition) is 1. The molecule has 0 rings (SSSR count). The van der Waals surface area contributed by atoms with Gasteiger partial charge in [0.2, 0.25) is 0 Å². The molecule has 0 aromatic rings. The summed E-state index contributed by atoms with van der Waals surface area (Å²) in [6.45, 7) is 8.67. The van der Waals surface area contributed by atoms with Gasteiger partial charge >= 0.3 is 11.9 Å². The zero-order valence-electron chi connectivity index (χ0n) is 9.41. The average Bonchev–Trinajstić information content (AvgIpc) is 2.15. The minimum absolute atomic E-state index is 0.185. The molecule has 0 bridgehead atoms. The largest absolute Gasteiger partial charge is 0.402 e. The number of carbonyl (C=O) groups excluding carboxylic acids is 1. The van der Waals surface area contributed by atoms with Gasteiger partial charge in [-0.1, -0.05) is 6.58 Å². The van der Waals surface area contributed by atoms with Crippen LogP contribution in [0.2, 0.25) is 0 Å². The Labute approximate surface area is 89.6 Å². The standard InChI is InChI=1S/C10H18O5/c1-5-13-7-10(12,14-6-2)15-9(11)8(3)4/h12H,3,5-7H2,1-2,4H3. The molecule has 0 aromatic heterocycles. The molecule has 0 spiro atoms. The van der Waals surface area contributed by atoms with E-state index in [9.17, 15) is 9.90 Å². The maximum absolute atomic E-state index is 11.2. The highest BCUT2D eigenvalue weighted by atomic mass is 16.8. The van der Waals surface area contributed by atoms with E-state index < -0.39 is 11.9 Å². The van der Waals surface area contributed by atoms with Crippen LogP contribution in [0, 0.1) is 0 Å². The Kier molecular flexibility index (Phi) is 6.15. The predicted molar refractivity (Wildman–Crippen MR) is 54.0 cm³/mol. The second-order valence-electron chi connectivity index (χ2n) is 2.95. The molecule has 5 nitrogen and oxygen atoms in total. The maximum atomic E-state index is 11.2. The van der Waals surface area contributed by atoms with E-state index in [1.54, 1.807) is 13.8 Å². The minimum atomic E-state index is -2.03. The first-order chi connectivity index (χ1) is 6.95. The highest BCUT2D eigenvalue weighted by Gasteiger charge is 2.33. The number of carbonyl (C=O) groups is 1. The van der Waals surface area contributed by atoms with Crippen molar-refractivity contribution in [3.05, 3.63) is 12.2 Å². The fourth-order valence-corrected chi connectivity index (χ4v) is 0.789. The van der Waals surface area contributed by atoms with Crippen molar-refractivity contribution in [2.24, 2.45) is 0 Å². The van der Waals surface area contributed by atoms with Gasteiger partial charge in [0.25, 0.3) is 0 Å². The lowest BCUT2D eigenvalue weighted by atomic mass is 10.4. The van der Waals surface area contributed by atoms with Crippen molar-refractivity contribution in [3.63, 3.8) is 0 Å². The van der Waals surface area contributed by atoms with E-state index in [1.165, 1.54) is 6.92 Å². The molecule has 0 fully saturated rings. The van der Waals surface area contributed by atoms with Gasteiger partial charge in [-0.25, -0.2) is 4.79 Å². The molecule has 0 aliphatic rings. The highest BCUT2D eigenvalue weighted by molar-refractivity contribution is 5.87. The molecule has 0 saturated heterocycles. The van der Waals surface area contributed by atoms with Gasteiger partial charge in [-0.2, -0.15) is 0 Å². The Bertz CT molecular complexity index is 226. The molecule has 0 radical (unpaired) electrons. The van der Waals surface area contributed by atoms with Crippen LogP contribution in [0.3, 0.4) is 0 Å². The first-order valence-electron chi connectivity index (χ1n) is 4.78. The molecule has 1 atom stereocenters. The summed E-state index contributed by atoms with van der Waals surface area (Å²) in [6.07, 6.45) is 0. The number of hydrogen-bond acceptors (Lipinski definition) is 5. The third kappa shape index (κ3) is 5.51. The van der Waals surface area contributed by atoms with E-state index in [4.69, 9.17) is 14.2 Å². The Hall–Kier alpha value is -0.910. The number of ether oxygens (including phenoxy) is 3. The highest BCUT2D eigenvalue weighted by Crippen LogP contribution is 2.12. The van der Waals surface area contributed by atoms with Crippen LogP contribution in [0.25, 0.3) is 0 Å². The molecule has 1 N–H and O–H groups in total. The molecule has 0 aliphatic heterocycles. The predicted octanol–water partition coefficient (Wildman–Crippen LogP) is 0.825. The third-order valence-electron chi connectivity index (χ3n) is 1.46. The van der Waals surface area contributed by atoms with Crippen molar-refractivity contribution in [1.82, 2.24) is 0 Å². The lowest BCUT2D eigenvalue weighted by Gasteiger charge is -2.26. The summed E-state index contributed by atoms with van der Waals surface area (Å²) in [6, 6.07) is 0. The lowest BCUT2D eigenvalue weighted by Crippen LogP contribution is -2.42. The van der Waals surface area contributed by atoms with Gasteiger partial charge in [-0.15, -0.1) is 0 Å². The van der Waals surface area contributed by atoms with E-state index in [1.807, 2.05) is 0 Å². The number of esters is 1. The topological polar surface area (TPSA) is 65.0 Å². The van der Waals surface area contributed by atoms with E-state index in [0.717, 1.165) is 0 Å². The van der Waals surface area contributed by atoms with Crippen LogP contribution in [-0.4, -0.2) is 36.9 Å². The normalized spacial score (nSPS) is 14.4. The summed E-state index contributed by atoms with van der Waals surface area (Å²) >= 11 is 0. The van der Waals surface area contributed by atoms with Crippen LogP contribution >= 0.6 is 0 Å². The van der Waals surface area contributed by atoms with Gasteiger partial charge in [0.1, 0.15) is 6.61 Å². The van der Waals surface area contributed by atoms with Crippen molar-refractivity contribution in [3.8, 4) is 0 Å². The van der Waals surface area contributed by atoms with Crippen molar-refractivity contribution < 1.29 is 24.1 Å². The van der Waals surface area contributed by atoms with Gasteiger partial charge < -0.3 is 19.3 Å². The first kappa shape index (κ1) is 14.1. The fourth-order valence-electron chi connectivity index (χ4n) is 0.789. The van der Waals surface area contributed by atoms with Gasteiger partial charge in [-0.3, -0.25) is 0 Å². The summed E-state index contributed by atoms with van der Waals surface area (Å²) in [4.78, 5) is 11.2. The molecule has 88 valence electrons. The van der Waals surface area contributed by atoms with Crippen molar-refractivity contribution in [1.29, 1.82) is 0 Å². The molecule has 0 aliphatic carbocycles. The Morgan fingerprint density at radius 3 is 2.40 bits per heavy atom. The monoisotopic (exact) mass is 218 g/mol. The molecule has 5 heteroatoms. The van der Waals surface area contributed by atoms with E-state index in [-0.39, 0.29) is 18.8 Å². The Morgan fingerprint density at radius 2 is 2.00 bits per heavy atom. The van der Waals surface area contributed by atoms with Gasteiger partial charge in [0.15, 0.2) is 0 Å². The van der Waals surface area contributed by atoms with E-state index in [2.05, 4.69) is 6.58 Å². The molecular formula is C10H18O5. The van der Waals surface area contributed by atoms with Crippen LogP contribution in [0.15, 0.2) is 12.2 Å². The molecular weight excluding hydrogens is 200 g/mol. The molecule has 0 amide bonds. The molecule has 0 heterocycles. The van der Waals surface area contributed by atoms with Crippen LogP contribution in [0.4, 0.5) is 0 Å². The smallest absolute Gasteiger partial charge is 0.351 e. The number of rotatable bonds is 7. The first-order valence-corrected chi connectivity index (χ1v) is 4.78. The lowest BCUT2D eigenvalue weighted by molar-refractivity contribution is -0.355. The summed E-state index contributed by atoms with van der Waals surface area (Å²) in [7, 11) is 0. The fraction of sp³-hybridized carbons (Fsp3) is 0.700. The van der Waals surface area contributed by atoms with Crippen molar-refractivity contribution in [2.75, 3.05) is 19.8 Å². The van der Waals surface area contributed by atoms with Gasteiger partial charge in [0.05, 0.1) is 6.61 Å². The van der Waals surface area contributed by atoms with Crippen LogP contribution in [0.1, 0.15) is 20.8 Å². The number of aliphatic hydroxyl groups is 1. The average molecular weight is 218 g/mol. The van der Waals surface area contributed by atoms with E-state index in [0.29, 0.717) is 6.61 Å².